The van der Waals surface area contributed by atoms with Crippen LogP contribution in [0.3, 0.4) is 0 Å². The first kappa shape index (κ1) is 19.8. The normalized spacial score (nSPS) is 14.6. The fraction of sp³-hybridized carbons (Fsp3) is 0.130. The summed E-state index contributed by atoms with van der Waals surface area (Å²) in [6.45, 7) is 1.61. The number of carbonyl (C=O) groups is 1. The zero-order valence-electron chi connectivity index (χ0n) is 16.4. The predicted molar refractivity (Wildman–Crippen MR) is 117 cm³/mol. The van der Waals surface area contributed by atoms with Gasteiger partial charge in [-0.1, -0.05) is 67.6 Å². The Kier molecular flexibility index (Phi) is 5.37. The quantitative estimate of drug-likeness (QED) is 0.686. The van der Waals surface area contributed by atoms with Crippen LogP contribution < -0.4 is 5.32 Å². The lowest BCUT2D eigenvalue weighted by Crippen LogP contribution is -2.38. The third kappa shape index (κ3) is 3.84. The molecule has 0 aromatic heterocycles. The lowest BCUT2D eigenvalue weighted by Gasteiger charge is -2.26. The van der Waals surface area contributed by atoms with Gasteiger partial charge in [-0.05, 0) is 30.2 Å². The van der Waals surface area contributed by atoms with Crippen LogP contribution in [0.2, 0.25) is 0 Å². The summed E-state index contributed by atoms with van der Waals surface area (Å²) in [5.74, 6) is -0.456. The van der Waals surface area contributed by atoms with Crippen LogP contribution in [0, 0.1) is 0 Å². The first-order valence-corrected chi connectivity index (χ1v) is 11.1. The first-order chi connectivity index (χ1) is 14.5. The number of fused-ring (bicyclic) bond motifs is 1. The Bertz CT molecular complexity index is 1220. The highest BCUT2D eigenvalue weighted by Crippen LogP contribution is 2.28. The highest BCUT2D eigenvalue weighted by atomic mass is 32.2. The standard InChI is InChI=1S/C23H21N3O3S/c1-2-17-9-8-12-19(15-17)24-22(27)16-26-25-23(18-10-4-3-5-11-18)20-13-6-7-14-21(20)30(26,28)29/h3-15H,2,16H2,1H3,(H,24,27). The second kappa shape index (κ2) is 8.12. The van der Waals surface area contributed by atoms with Crippen LogP contribution in [0.5, 0.6) is 0 Å². The Balaban J connectivity index is 1.67. The lowest BCUT2D eigenvalue weighted by atomic mass is 10.0. The third-order valence-corrected chi connectivity index (χ3v) is 6.53. The van der Waals surface area contributed by atoms with Crippen LogP contribution in [-0.2, 0) is 21.2 Å². The number of hydrazone groups is 1. The van der Waals surface area contributed by atoms with E-state index in [0.717, 1.165) is 22.0 Å². The van der Waals surface area contributed by atoms with E-state index >= 15 is 0 Å². The molecule has 0 unspecified atom stereocenters. The Morgan fingerprint density at radius 3 is 2.47 bits per heavy atom. The van der Waals surface area contributed by atoms with E-state index in [1.807, 2.05) is 55.5 Å². The monoisotopic (exact) mass is 419 g/mol. The number of benzene rings is 3. The van der Waals surface area contributed by atoms with Crippen molar-refractivity contribution in [3.8, 4) is 0 Å². The highest BCUT2D eigenvalue weighted by Gasteiger charge is 2.34. The lowest BCUT2D eigenvalue weighted by molar-refractivity contribution is -0.116. The van der Waals surface area contributed by atoms with Gasteiger partial charge in [0.15, 0.2) is 0 Å². The molecule has 30 heavy (non-hydrogen) atoms. The van der Waals surface area contributed by atoms with Gasteiger partial charge in [-0.2, -0.15) is 17.9 Å². The van der Waals surface area contributed by atoms with E-state index in [0.29, 0.717) is 17.0 Å². The Hall–Kier alpha value is -3.45. The summed E-state index contributed by atoms with van der Waals surface area (Å²) in [5.41, 5.74) is 3.52. The van der Waals surface area contributed by atoms with Gasteiger partial charge in [0.25, 0.3) is 10.0 Å². The van der Waals surface area contributed by atoms with Crippen molar-refractivity contribution >= 4 is 27.3 Å². The average Bonchev–Trinajstić information content (AvgIpc) is 2.76. The molecule has 0 saturated carbocycles. The van der Waals surface area contributed by atoms with Gasteiger partial charge in [0.05, 0.1) is 4.90 Å². The summed E-state index contributed by atoms with van der Waals surface area (Å²) in [5, 5.41) is 7.13. The fourth-order valence-corrected chi connectivity index (χ4v) is 4.74. The molecule has 3 aromatic carbocycles. The van der Waals surface area contributed by atoms with Crippen molar-refractivity contribution in [2.24, 2.45) is 5.10 Å². The Labute approximate surface area is 175 Å². The number of anilines is 1. The number of rotatable bonds is 5. The molecule has 3 aromatic rings. The molecule has 1 aliphatic heterocycles. The van der Waals surface area contributed by atoms with Crippen LogP contribution in [0.1, 0.15) is 23.6 Å². The van der Waals surface area contributed by atoms with Crippen molar-refractivity contribution in [3.63, 3.8) is 0 Å². The Morgan fingerprint density at radius 2 is 1.70 bits per heavy atom. The minimum Gasteiger partial charge on any atom is -0.324 e. The van der Waals surface area contributed by atoms with Crippen LogP contribution in [0.25, 0.3) is 0 Å². The molecule has 6 nitrogen and oxygen atoms in total. The molecule has 0 spiro atoms. The molecule has 1 N–H and O–H groups in total. The molecule has 0 bridgehead atoms. The molecular weight excluding hydrogens is 398 g/mol. The zero-order chi connectivity index (χ0) is 21.1. The number of nitrogens with one attached hydrogen (secondary N) is 1. The highest BCUT2D eigenvalue weighted by molar-refractivity contribution is 7.89. The smallest absolute Gasteiger partial charge is 0.280 e. The second-order valence-corrected chi connectivity index (χ2v) is 8.71. The number of amides is 1. The van der Waals surface area contributed by atoms with Gasteiger partial charge in [-0.25, -0.2) is 0 Å². The fourth-order valence-electron chi connectivity index (χ4n) is 3.34. The summed E-state index contributed by atoms with van der Waals surface area (Å²) in [4.78, 5) is 12.8. The van der Waals surface area contributed by atoms with Gasteiger partial charge >= 0.3 is 0 Å². The number of hydrogen-bond acceptors (Lipinski definition) is 4. The topological polar surface area (TPSA) is 78.8 Å². The maximum atomic E-state index is 13.1. The molecule has 0 radical (unpaired) electrons. The van der Waals surface area contributed by atoms with E-state index in [1.165, 1.54) is 6.07 Å². The number of carbonyl (C=O) groups excluding carboxylic acids is 1. The van der Waals surface area contributed by atoms with Gasteiger partial charge in [0.2, 0.25) is 5.91 Å². The summed E-state index contributed by atoms with van der Waals surface area (Å²) >= 11 is 0. The van der Waals surface area contributed by atoms with Gasteiger partial charge in [0, 0.05) is 16.8 Å². The van der Waals surface area contributed by atoms with Crippen molar-refractivity contribution < 1.29 is 13.2 Å². The van der Waals surface area contributed by atoms with Crippen molar-refractivity contribution in [3.05, 3.63) is 95.6 Å². The number of nitrogens with zero attached hydrogens (tertiary/aromatic N) is 2. The van der Waals surface area contributed by atoms with E-state index in [4.69, 9.17) is 0 Å². The molecule has 0 fully saturated rings. The SMILES string of the molecule is CCc1cccc(NC(=O)CN2N=C(c3ccccc3)c3ccccc3S2(=O)=O)c1. The van der Waals surface area contributed by atoms with Crippen molar-refractivity contribution in [2.75, 3.05) is 11.9 Å². The van der Waals surface area contributed by atoms with Crippen molar-refractivity contribution in [2.45, 2.75) is 18.2 Å². The summed E-state index contributed by atoms with van der Waals surface area (Å²) in [7, 11) is -3.94. The summed E-state index contributed by atoms with van der Waals surface area (Å²) in [6.07, 6.45) is 0.839. The number of hydrogen-bond donors (Lipinski definition) is 1. The maximum absolute atomic E-state index is 13.1. The van der Waals surface area contributed by atoms with E-state index in [9.17, 15) is 13.2 Å². The molecule has 0 aliphatic carbocycles. The zero-order valence-corrected chi connectivity index (χ0v) is 17.3. The number of sulfonamides is 1. The molecular formula is C23H21N3O3S. The average molecular weight is 420 g/mol. The third-order valence-electron chi connectivity index (χ3n) is 4.85. The van der Waals surface area contributed by atoms with Gasteiger partial charge < -0.3 is 5.32 Å². The molecule has 152 valence electrons. The largest absolute Gasteiger partial charge is 0.324 e. The summed E-state index contributed by atoms with van der Waals surface area (Å²) in [6, 6.07) is 23.5. The molecule has 7 heteroatoms. The minimum absolute atomic E-state index is 0.139. The van der Waals surface area contributed by atoms with Crippen LogP contribution in [-0.4, -0.2) is 31.0 Å². The van der Waals surface area contributed by atoms with Crippen molar-refractivity contribution in [1.82, 2.24) is 4.41 Å². The molecule has 1 aliphatic rings. The van der Waals surface area contributed by atoms with Crippen LogP contribution in [0.15, 0.2) is 88.9 Å². The molecule has 1 amide bonds. The van der Waals surface area contributed by atoms with Crippen LogP contribution >= 0.6 is 0 Å². The molecule has 0 atom stereocenters. The minimum atomic E-state index is -3.94. The number of aryl methyl sites for hydroxylation is 1. The molecule has 0 saturated heterocycles. The maximum Gasteiger partial charge on any atom is 0.280 e. The van der Waals surface area contributed by atoms with Gasteiger partial charge in [-0.15, -0.1) is 0 Å². The van der Waals surface area contributed by atoms with E-state index < -0.39 is 22.5 Å². The Morgan fingerprint density at radius 1 is 0.967 bits per heavy atom. The van der Waals surface area contributed by atoms with Crippen LogP contribution in [0.4, 0.5) is 5.69 Å². The van der Waals surface area contributed by atoms with E-state index in [1.54, 1.807) is 24.3 Å². The summed E-state index contributed by atoms with van der Waals surface area (Å²) < 4.78 is 27.1. The first-order valence-electron chi connectivity index (χ1n) is 9.64. The van der Waals surface area contributed by atoms with E-state index in [2.05, 4.69) is 10.4 Å². The van der Waals surface area contributed by atoms with Gasteiger partial charge in [-0.3, -0.25) is 4.79 Å². The predicted octanol–water partition coefficient (Wildman–Crippen LogP) is 3.64. The van der Waals surface area contributed by atoms with Gasteiger partial charge in [0.1, 0.15) is 12.3 Å². The molecule has 4 rings (SSSR count). The van der Waals surface area contributed by atoms with E-state index in [-0.39, 0.29) is 4.90 Å². The van der Waals surface area contributed by atoms with Crippen molar-refractivity contribution in [1.29, 1.82) is 0 Å². The molecule has 1 heterocycles. The second-order valence-electron chi connectivity index (χ2n) is 6.90.